The molecule has 0 aliphatic heterocycles. The average molecular weight is 478 g/mol. The number of nitrogens with one attached hydrogen (secondary N) is 1. The van der Waals surface area contributed by atoms with Gasteiger partial charge in [0.25, 0.3) is 5.91 Å². The molecule has 34 heavy (non-hydrogen) atoms. The van der Waals surface area contributed by atoms with Gasteiger partial charge in [0.05, 0.1) is 17.7 Å². The van der Waals surface area contributed by atoms with E-state index in [1.54, 1.807) is 19.1 Å². The Morgan fingerprint density at radius 2 is 1.62 bits per heavy atom. The molecule has 0 fully saturated rings. The van der Waals surface area contributed by atoms with E-state index in [-0.39, 0.29) is 6.61 Å². The van der Waals surface area contributed by atoms with Crippen LogP contribution in [-0.2, 0) is 27.1 Å². The zero-order valence-corrected chi connectivity index (χ0v) is 20.1. The molecule has 1 amide bonds. The second kappa shape index (κ2) is 10.7. The van der Waals surface area contributed by atoms with Crippen LogP contribution in [0.25, 0.3) is 11.1 Å². The number of carbonyl (C=O) groups excluding carboxylic acids is 3. The number of anilines is 1. The summed E-state index contributed by atoms with van der Waals surface area (Å²) in [5, 5.41) is 3.26. The van der Waals surface area contributed by atoms with Crippen LogP contribution >= 0.6 is 11.3 Å². The third-order valence-corrected chi connectivity index (χ3v) is 6.98. The molecule has 0 saturated carbocycles. The molecule has 0 spiro atoms. The van der Waals surface area contributed by atoms with Crippen molar-refractivity contribution < 1.29 is 23.9 Å². The third-order valence-electron chi connectivity index (χ3n) is 5.77. The van der Waals surface area contributed by atoms with E-state index in [0.29, 0.717) is 16.1 Å². The van der Waals surface area contributed by atoms with Crippen LogP contribution in [-0.4, -0.2) is 30.6 Å². The van der Waals surface area contributed by atoms with E-state index < -0.39 is 23.9 Å². The molecule has 176 valence electrons. The number of amides is 1. The Kier molecular flexibility index (Phi) is 7.43. The van der Waals surface area contributed by atoms with Crippen molar-refractivity contribution in [2.45, 2.75) is 45.6 Å². The summed E-state index contributed by atoms with van der Waals surface area (Å²) in [5.41, 5.74) is 3.79. The van der Waals surface area contributed by atoms with Crippen LogP contribution in [0, 0.1) is 0 Å². The highest BCUT2D eigenvalue weighted by atomic mass is 32.1. The third kappa shape index (κ3) is 5.20. The van der Waals surface area contributed by atoms with Gasteiger partial charge in [-0.1, -0.05) is 42.5 Å². The van der Waals surface area contributed by atoms with Crippen molar-refractivity contribution >= 4 is 34.2 Å². The summed E-state index contributed by atoms with van der Waals surface area (Å²) >= 11 is 1.40. The molecule has 0 radical (unpaired) electrons. The molecule has 1 atom stereocenters. The standard InChI is InChI=1S/C27H27NO5S/c1-3-32-27(31)23-21-11-7-8-12-22(21)34-25(23)28-24(29)17(2)33-26(30)20-15-13-19(14-16-20)18-9-5-4-6-10-18/h4-6,9-10,13-17H,3,7-8,11-12H2,1-2H3,(H,28,29)/t17-/m1/s1. The van der Waals surface area contributed by atoms with E-state index in [4.69, 9.17) is 9.47 Å². The van der Waals surface area contributed by atoms with Crippen LogP contribution in [0.15, 0.2) is 54.6 Å². The number of esters is 2. The molecule has 1 N–H and O–H groups in total. The van der Waals surface area contributed by atoms with Gasteiger partial charge >= 0.3 is 11.9 Å². The van der Waals surface area contributed by atoms with E-state index in [1.807, 2.05) is 42.5 Å². The number of hydrogen-bond donors (Lipinski definition) is 1. The number of thiophene rings is 1. The molecule has 1 aliphatic rings. The minimum Gasteiger partial charge on any atom is -0.462 e. The smallest absolute Gasteiger partial charge is 0.341 e. The van der Waals surface area contributed by atoms with Crippen molar-refractivity contribution in [1.82, 2.24) is 0 Å². The summed E-state index contributed by atoms with van der Waals surface area (Å²) in [7, 11) is 0. The van der Waals surface area contributed by atoms with Crippen LogP contribution in [0.4, 0.5) is 5.00 Å². The maximum Gasteiger partial charge on any atom is 0.341 e. The largest absolute Gasteiger partial charge is 0.462 e. The number of benzene rings is 2. The Morgan fingerprint density at radius 1 is 0.941 bits per heavy atom. The monoisotopic (exact) mass is 477 g/mol. The maximum absolute atomic E-state index is 12.8. The first-order chi connectivity index (χ1) is 16.5. The van der Waals surface area contributed by atoms with Gasteiger partial charge in [-0.15, -0.1) is 11.3 Å². The second-order valence-corrected chi connectivity index (χ2v) is 9.22. The van der Waals surface area contributed by atoms with E-state index in [2.05, 4.69) is 5.32 Å². The molecule has 1 aliphatic carbocycles. The Morgan fingerprint density at radius 3 is 2.32 bits per heavy atom. The van der Waals surface area contributed by atoms with Gasteiger partial charge in [0.1, 0.15) is 5.00 Å². The van der Waals surface area contributed by atoms with E-state index >= 15 is 0 Å². The lowest BCUT2D eigenvalue weighted by Crippen LogP contribution is -2.30. The number of aryl methyl sites for hydroxylation is 1. The van der Waals surface area contributed by atoms with Crippen LogP contribution in [0.1, 0.15) is 57.8 Å². The molecule has 2 aromatic carbocycles. The molecular weight excluding hydrogens is 450 g/mol. The predicted octanol–water partition coefficient (Wildman–Crippen LogP) is 5.65. The van der Waals surface area contributed by atoms with Gasteiger partial charge in [-0.05, 0) is 68.4 Å². The lowest BCUT2D eigenvalue weighted by Gasteiger charge is -2.14. The van der Waals surface area contributed by atoms with E-state index in [9.17, 15) is 14.4 Å². The molecular formula is C27H27NO5S. The molecule has 0 unspecified atom stereocenters. The lowest BCUT2D eigenvalue weighted by atomic mass is 9.95. The van der Waals surface area contributed by atoms with Gasteiger partial charge in [-0.3, -0.25) is 4.79 Å². The van der Waals surface area contributed by atoms with Crippen LogP contribution in [0.2, 0.25) is 0 Å². The summed E-state index contributed by atoms with van der Waals surface area (Å²) in [4.78, 5) is 39.1. The predicted molar refractivity (Wildman–Crippen MR) is 132 cm³/mol. The number of carbonyl (C=O) groups is 3. The molecule has 6 nitrogen and oxygen atoms in total. The van der Waals surface area contributed by atoms with Crippen LogP contribution in [0.3, 0.4) is 0 Å². The first kappa shape index (κ1) is 23.7. The van der Waals surface area contributed by atoms with Gasteiger partial charge in [0, 0.05) is 4.88 Å². The van der Waals surface area contributed by atoms with Gasteiger partial charge < -0.3 is 14.8 Å². The fraction of sp³-hybridized carbons (Fsp3) is 0.296. The fourth-order valence-corrected chi connectivity index (χ4v) is 5.28. The highest BCUT2D eigenvalue weighted by molar-refractivity contribution is 7.17. The van der Waals surface area contributed by atoms with Gasteiger partial charge in [-0.2, -0.15) is 0 Å². The maximum atomic E-state index is 12.8. The van der Waals surface area contributed by atoms with Crippen LogP contribution in [0.5, 0.6) is 0 Å². The summed E-state index contributed by atoms with van der Waals surface area (Å²) in [6.07, 6.45) is 2.70. The summed E-state index contributed by atoms with van der Waals surface area (Å²) in [5.74, 6) is -1.50. The number of ether oxygens (including phenoxy) is 2. The van der Waals surface area contributed by atoms with Crippen molar-refractivity contribution in [2.24, 2.45) is 0 Å². The summed E-state index contributed by atoms with van der Waals surface area (Å²) in [6, 6.07) is 16.9. The molecule has 0 bridgehead atoms. The highest BCUT2D eigenvalue weighted by Gasteiger charge is 2.29. The molecule has 4 rings (SSSR count). The average Bonchev–Trinajstić information content (AvgIpc) is 3.22. The SMILES string of the molecule is CCOC(=O)c1c(NC(=O)[C@@H](C)OC(=O)c2ccc(-c3ccccc3)cc2)sc2c1CCCC2. The van der Waals surface area contributed by atoms with Gasteiger partial charge in [-0.25, -0.2) is 9.59 Å². The van der Waals surface area contributed by atoms with Crippen molar-refractivity contribution in [2.75, 3.05) is 11.9 Å². The Hall–Kier alpha value is -3.45. The van der Waals surface area contributed by atoms with Crippen molar-refractivity contribution in [3.05, 3.63) is 76.2 Å². The minimum absolute atomic E-state index is 0.258. The summed E-state index contributed by atoms with van der Waals surface area (Å²) < 4.78 is 10.6. The zero-order chi connectivity index (χ0) is 24.1. The van der Waals surface area contributed by atoms with Crippen molar-refractivity contribution in [3.63, 3.8) is 0 Å². The molecule has 3 aromatic rings. The quantitative estimate of drug-likeness (QED) is 0.445. The zero-order valence-electron chi connectivity index (χ0n) is 19.3. The van der Waals surface area contributed by atoms with Crippen molar-refractivity contribution in [3.8, 4) is 11.1 Å². The van der Waals surface area contributed by atoms with Crippen LogP contribution < -0.4 is 5.32 Å². The first-order valence-electron chi connectivity index (χ1n) is 11.5. The number of fused-ring (bicyclic) bond motifs is 1. The van der Waals surface area contributed by atoms with Gasteiger partial charge in [0.15, 0.2) is 6.10 Å². The highest BCUT2D eigenvalue weighted by Crippen LogP contribution is 2.38. The molecule has 1 heterocycles. The molecule has 7 heteroatoms. The second-order valence-electron chi connectivity index (χ2n) is 8.12. The van der Waals surface area contributed by atoms with Gasteiger partial charge in [0.2, 0.25) is 0 Å². The molecule has 0 saturated heterocycles. The summed E-state index contributed by atoms with van der Waals surface area (Å²) in [6.45, 7) is 3.53. The first-order valence-corrected chi connectivity index (χ1v) is 12.3. The molecule has 1 aromatic heterocycles. The normalized spacial score (nSPS) is 13.5. The Labute approximate surface area is 202 Å². The minimum atomic E-state index is -1.03. The Bertz CT molecular complexity index is 1180. The van der Waals surface area contributed by atoms with E-state index in [0.717, 1.165) is 47.3 Å². The lowest BCUT2D eigenvalue weighted by molar-refractivity contribution is -0.123. The number of hydrogen-bond acceptors (Lipinski definition) is 6. The Balaban J connectivity index is 1.44. The number of rotatable bonds is 7. The van der Waals surface area contributed by atoms with E-state index in [1.165, 1.54) is 18.3 Å². The fourth-order valence-electron chi connectivity index (χ4n) is 4.00. The topological polar surface area (TPSA) is 81.7 Å². The van der Waals surface area contributed by atoms with Crippen molar-refractivity contribution in [1.29, 1.82) is 0 Å².